The van der Waals surface area contributed by atoms with Crippen LogP contribution >= 0.6 is 0 Å². The Morgan fingerprint density at radius 2 is 1.85 bits per heavy atom. The van der Waals surface area contributed by atoms with Gasteiger partial charge in [0.15, 0.2) is 0 Å². The van der Waals surface area contributed by atoms with Gasteiger partial charge in [0.1, 0.15) is 6.29 Å². The Morgan fingerprint density at radius 3 is 2.31 bits per heavy atom. The third kappa shape index (κ3) is 5.62. The first-order chi connectivity index (χ1) is 6.26. The first-order valence-corrected chi connectivity index (χ1v) is 5.40. The van der Waals surface area contributed by atoms with Crippen molar-refractivity contribution in [1.29, 1.82) is 0 Å². The molecule has 0 radical (unpaired) electrons. The summed E-state index contributed by atoms with van der Waals surface area (Å²) >= 11 is 0. The topological polar surface area (TPSA) is 17.1 Å². The molecule has 0 heterocycles. The third-order valence-corrected chi connectivity index (χ3v) is 2.48. The maximum Gasteiger partial charge on any atom is 0.145 e. The number of hydrogen-bond acceptors (Lipinski definition) is 1. The Labute approximate surface area is 82.2 Å². The molecule has 0 spiro atoms. The van der Waals surface area contributed by atoms with E-state index in [2.05, 4.69) is 13.8 Å². The minimum atomic E-state index is 0.878. The van der Waals surface area contributed by atoms with E-state index in [4.69, 9.17) is 0 Å². The van der Waals surface area contributed by atoms with Crippen LogP contribution in [-0.2, 0) is 4.79 Å². The smallest absolute Gasteiger partial charge is 0.145 e. The second-order valence-corrected chi connectivity index (χ2v) is 3.59. The number of unbranched alkanes of at least 4 members (excludes halogenated alkanes) is 3. The van der Waals surface area contributed by atoms with E-state index in [1.807, 2.05) is 6.92 Å². The average Bonchev–Trinajstić information content (AvgIpc) is 2.14. The minimum absolute atomic E-state index is 0.878. The van der Waals surface area contributed by atoms with Crippen molar-refractivity contribution in [2.24, 2.45) is 0 Å². The van der Waals surface area contributed by atoms with Crippen molar-refractivity contribution in [2.45, 2.75) is 59.3 Å². The predicted octanol–water partition coefficient (Wildman–Crippen LogP) is 3.88. The molecule has 76 valence electrons. The third-order valence-electron chi connectivity index (χ3n) is 2.48. The molecule has 0 fully saturated rings. The summed E-state index contributed by atoms with van der Waals surface area (Å²) in [5.74, 6) is 0. The number of carbonyl (C=O) groups is 1. The first kappa shape index (κ1) is 12.4. The Balaban J connectivity index is 3.76. The van der Waals surface area contributed by atoms with Crippen molar-refractivity contribution in [1.82, 2.24) is 0 Å². The van der Waals surface area contributed by atoms with E-state index in [0.717, 1.165) is 24.7 Å². The van der Waals surface area contributed by atoms with E-state index in [1.165, 1.54) is 31.3 Å². The van der Waals surface area contributed by atoms with Gasteiger partial charge < -0.3 is 0 Å². The molecular formula is C12H22O. The highest BCUT2D eigenvalue weighted by molar-refractivity contribution is 5.74. The molecule has 0 amide bonds. The zero-order chi connectivity index (χ0) is 10.1. The SMILES string of the molecule is CCCCCCC(C)=C(C=O)CC. The largest absolute Gasteiger partial charge is 0.298 e. The van der Waals surface area contributed by atoms with Gasteiger partial charge in [-0.05, 0) is 31.8 Å². The lowest BCUT2D eigenvalue weighted by Gasteiger charge is -2.04. The van der Waals surface area contributed by atoms with Crippen molar-refractivity contribution in [3.8, 4) is 0 Å². The molecule has 0 atom stereocenters. The Bertz CT molecular complexity index is 168. The van der Waals surface area contributed by atoms with Gasteiger partial charge in [-0.3, -0.25) is 4.79 Å². The van der Waals surface area contributed by atoms with Crippen LogP contribution in [0.25, 0.3) is 0 Å². The summed E-state index contributed by atoms with van der Waals surface area (Å²) in [7, 11) is 0. The van der Waals surface area contributed by atoms with E-state index in [-0.39, 0.29) is 0 Å². The molecule has 0 bridgehead atoms. The Hall–Kier alpha value is -0.590. The summed E-state index contributed by atoms with van der Waals surface area (Å²) in [6.07, 6.45) is 8.10. The van der Waals surface area contributed by atoms with Crippen molar-refractivity contribution in [2.75, 3.05) is 0 Å². The fourth-order valence-electron chi connectivity index (χ4n) is 1.46. The van der Waals surface area contributed by atoms with Gasteiger partial charge in [-0.1, -0.05) is 38.7 Å². The van der Waals surface area contributed by atoms with Crippen molar-refractivity contribution in [3.63, 3.8) is 0 Å². The Kier molecular flexibility index (Phi) is 7.66. The standard InChI is InChI=1S/C12H22O/c1-4-6-7-8-9-11(3)12(5-2)10-13/h10H,4-9H2,1-3H3. The van der Waals surface area contributed by atoms with Gasteiger partial charge in [0, 0.05) is 0 Å². The maximum absolute atomic E-state index is 10.6. The molecule has 0 rings (SSSR count). The second kappa shape index (κ2) is 8.03. The van der Waals surface area contributed by atoms with Crippen LogP contribution in [0.2, 0.25) is 0 Å². The molecule has 1 heteroatoms. The Morgan fingerprint density at radius 1 is 1.15 bits per heavy atom. The van der Waals surface area contributed by atoms with Crippen molar-refractivity contribution in [3.05, 3.63) is 11.1 Å². The van der Waals surface area contributed by atoms with Gasteiger partial charge in [0.2, 0.25) is 0 Å². The van der Waals surface area contributed by atoms with E-state index in [9.17, 15) is 4.79 Å². The second-order valence-electron chi connectivity index (χ2n) is 3.59. The molecule has 0 aliphatic heterocycles. The molecule has 0 aliphatic rings. The molecule has 0 saturated carbocycles. The molecule has 0 aromatic rings. The lowest BCUT2D eigenvalue weighted by molar-refractivity contribution is -0.105. The monoisotopic (exact) mass is 182 g/mol. The summed E-state index contributed by atoms with van der Waals surface area (Å²) in [6.45, 7) is 6.34. The lowest BCUT2D eigenvalue weighted by atomic mass is 10.0. The lowest BCUT2D eigenvalue weighted by Crippen LogP contribution is -1.89. The molecule has 13 heavy (non-hydrogen) atoms. The van der Waals surface area contributed by atoms with Crippen LogP contribution in [0, 0.1) is 0 Å². The molecule has 0 aliphatic carbocycles. The van der Waals surface area contributed by atoms with Crippen LogP contribution in [-0.4, -0.2) is 6.29 Å². The number of aldehydes is 1. The summed E-state index contributed by atoms with van der Waals surface area (Å²) in [4.78, 5) is 10.6. The summed E-state index contributed by atoms with van der Waals surface area (Å²) in [5, 5.41) is 0. The highest BCUT2D eigenvalue weighted by atomic mass is 16.1. The fraction of sp³-hybridized carbons (Fsp3) is 0.750. The van der Waals surface area contributed by atoms with Crippen LogP contribution in [0.4, 0.5) is 0 Å². The van der Waals surface area contributed by atoms with Crippen LogP contribution in [0.15, 0.2) is 11.1 Å². The molecule has 0 aromatic heterocycles. The van der Waals surface area contributed by atoms with Crippen LogP contribution in [0.3, 0.4) is 0 Å². The number of allylic oxidation sites excluding steroid dienone is 2. The summed E-state index contributed by atoms with van der Waals surface area (Å²) in [5.41, 5.74) is 2.28. The van der Waals surface area contributed by atoms with Crippen molar-refractivity contribution >= 4 is 6.29 Å². The van der Waals surface area contributed by atoms with Crippen molar-refractivity contribution < 1.29 is 4.79 Å². The van der Waals surface area contributed by atoms with Gasteiger partial charge in [-0.2, -0.15) is 0 Å². The highest BCUT2D eigenvalue weighted by Gasteiger charge is 1.98. The molecular weight excluding hydrogens is 160 g/mol. The molecule has 0 saturated heterocycles. The summed E-state index contributed by atoms with van der Waals surface area (Å²) in [6, 6.07) is 0. The molecule has 0 aromatic carbocycles. The number of rotatable bonds is 7. The van der Waals surface area contributed by atoms with Gasteiger partial charge in [-0.15, -0.1) is 0 Å². The molecule has 0 unspecified atom stereocenters. The van der Waals surface area contributed by atoms with E-state index in [1.54, 1.807) is 0 Å². The van der Waals surface area contributed by atoms with E-state index >= 15 is 0 Å². The van der Waals surface area contributed by atoms with Gasteiger partial charge in [0.05, 0.1) is 0 Å². The summed E-state index contributed by atoms with van der Waals surface area (Å²) < 4.78 is 0. The zero-order valence-corrected chi connectivity index (χ0v) is 9.23. The average molecular weight is 182 g/mol. The zero-order valence-electron chi connectivity index (χ0n) is 9.23. The quantitative estimate of drug-likeness (QED) is 0.332. The van der Waals surface area contributed by atoms with Gasteiger partial charge in [-0.25, -0.2) is 0 Å². The first-order valence-electron chi connectivity index (χ1n) is 5.40. The van der Waals surface area contributed by atoms with Crippen LogP contribution in [0.1, 0.15) is 59.3 Å². The number of carbonyl (C=O) groups excluding carboxylic acids is 1. The highest BCUT2D eigenvalue weighted by Crippen LogP contribution is 2.14. The minimum Gasteiger partial charge on any atom is -0.298 e. The van der Waals surface area contributed by atoms with E-state index < -0.39 is 0 Å². The van der Waals surface area contributed by atoms with Crippen LogP contribution in [0.5, 0.6) is 0 Å². The van der Waals surface area contributed by atoms with E-state index in [0.29, 0.717) is 0 Å². The number of hydrogen-bond donors (Lipinski definition) is 0. The molecule has 0 N–H and O–H groups in total. The van der Waals surface area contributed by atoms with Crippen LogP contribution < -0.4 is 0 Å². The maximum atomic E-state index is 10.6. The fourth-order valence-corrected chi connectivity index (χ4v) is 1.46. The normalized spacial score (nSPS) is 12.5. The van der Waals surface area contributed by atoms with Gasteiger partial charge in [0.25, 0.3) is 0 Å². The molecule has 1 nitrogen and oxygen atoms in total. The van der Waals surface area contributed by atoms with Gasteiger partial charge >= 0.3 is 0 Å². The predicted molar refractivity (Wildman–Crippen MR) is 57.8 cm³/mol.